The van der Waals surface area contributed by atoms with Gasteiger partial charge in [0.15, 0.2) is 19.7 Å². The van der Waals surface area contributed by atoms with E-state index in [4.69, 9.17) is 0 Å². The van der Waals surface area contributed by atoms with Gasteiger partial charge < -0.3 is 4.90 Å². The van der Waals surface area contributed by atoms with Gasteiger partial charge in [-0.1, -0.05) is 12.1 Å². The molecule has 1 atom stereocenters. The summed E-state index contributed by atoms with van der Waals surface area (Å²) in [6.45, 7) is 3.92. The van der Waals surface area contributed by atoms with Crippen LogP contribution in [0, 0.1) is 0 Å². The van der Waals surface area contributed by atoms with Crippen molar-refractivity contribution in [3.05, 3.63) is 29.8 Å². The third kappa shape index (κ3) is 4.16. The molecule has 1 aliphatic heterocycles. The summed E-state index contributed by atoms with van der Waals surface area (Å²) in [5.74, 6) is -0.138. The summed E-state index contributed by atoms with van der Waals surface area (Å²) in [6, 6.07) is 6.30. The lowest BCUT2D eigenvalue weighted by molar-refractivity contribution is -0.129. The van der Waals surface area contributed by atoms with Gasteiger partial charge in [-0.2, -0.15) is 0 Å². The molecule has 24 heavy (non-hydrogen) atoms. The van der Waals surface area contributed by atoms with E-state index in [9.17, 15) is 21.6 Å². The van der Waals surface area contributed by atoms with Crippen LogP contribution >= 0.6 is 0 Å². The second kappa shape index (κ2) is 6.84. The van der Waals surface area contributed by atoms with E-state index in [-0.39, 0.29) is 23.8 Å². The number of sulfone groups is 2. The molecule has 1 aromatic rings. The Kier molecular flexibility index (Phi) is 5.39. The number of benzene rings is 1. The number of likely N-dealkylation sites (tertiary alicyclic amines) is 1. The zero-order valence-corrected chi connectivity index (χ0v) is 15.7. The van der Waals surface area contributed by atoms with Gasteiger partial charge in [0, 0.05) is 19.3 Å². The quantitative estimate of drug-likeness (QED) is 0.770. The van der Waals surface area contributed by atoms with Crippen molar-refractivity contribution in [1.82, 2.24) is 4.90 Å². The van der Waals surface area contributed by atoms with Crippen molar-refractivity contribution in [2.45, 2.75) is 42.1 Å². The maximum Gasteiger partial charge on any atom is 0.227 e. The molecule has 0 aliphatic carbocycles. The van der Waals surface area contributed by atoms with Crippen molar-refractivity contribution in [2.75, 3.05) is 19.3 Å². The fourth-order valence-electron chi connectivity index (χ4n) is 2.66. The summed E-state index contributed by atoms with van der Waals surface area (Å²) in [7, 11) is -6.46. The van der Waals surface area contributed by atoms with Crippen LogP contribution < -0.4 is 0 Å². The summed E-state index contributed by atoms with van der Waals surface area (Å²) in [5.41, 5.74) is 0.713. The van der Waals surface area contributed by atoms with Gasteiger partial charge >= 0.3 is 0 Å². The first-order valence-corrected chi connectivity index (χ1v) is 11.3. The van der Waals surface area contributed by atoms with Crippen molar-refractivity contribution >= 4 is 25.6 Å². The van der Waals surface area contributed by atoms with Crippen LogP contribution in [0.25, 0.3) is 0 Å². The Bertz CT molecular complexity index is 811. The van der Waals surface area contributed by atoms with E-state index in [2.05, 4.69) is 0 Å². The van der Waals surface area contributed by atoms with Crippen molar-refractivity contribution in [2.24, 2.45) is 0 Å². The van der Waals surface area contributed by atoms with Crippen LogP contribution in [0.1, 0.15) is 25.8 Å². The second-order valence-corrected chi connectivity index (χ2v) is 11.3. The maximum absolute atomic E-state index is 12.3. The van der Waals surface area contributed by atoms with E-state index >= 15 is 0 Å². The van der Waals surface area contributed by atoms with Gasteiger partial charge in [-0.05, 0) is 38.0 Å². The minimum absolute atomic E-state index is 0.137. The number of rotatable bonds is 5. The number of amides is 1. The molecule has 1 aromatic carbocycles. The van der Waals surface area contributed by atoms with Gasteiger partial charge in [-0.15, -0.1) is 0 Å². The van der Waals surface area contributed by atoms with Crippen LogP contribution in [0.3, 0.4) is 0 Å². The Morgan fingerprint density at radius 1 is 1.17 bits per heavy atom. The predicted octanol–water partition coefficient (Wildman–Crippen LogP) is 1.06. The number of carbonyl (C=O) groups is 1. The highest BCUT2D eigenvalue weighted by atomic mass is 32.2. The number of nitrogens with zero attached hydrogens (tertiary/aromatic N) is 1. The summed E-state index contributed by atoms with van der Waals surface area (Å²) >= 11 is 0. The first-order valence-electron chi connectivity index (χ1n) is 7.81. The smallest absolute Gasteiger partial charge is 0.227 e. The zero-order chi connectivity index (χ0) is 18.1. The zero-order valence-electron chi connectivity index (χ0n) is 14.1. The third-order valence-corrected chi connectivity index (χ3v) is 8.10. The van der Waals surface area contributed by atoms with Crippen LogP contribution in [0.5, 0.6) is 0 Å². The molecule has 1 unspecified atom stereocenters. The molecule has 0 saturated carbocycles. The van der Waals surface area contributed by atoms with Crippen LogP contribution in [0.15, 0.2) is 29.2 Å². The molecule has 2 rings (SSSR count). The fraction of sp³-hybridized carbons (Fsp3) is 0.562. The van der Waals surface area contributed by atoms with Gasteiger partial charge in [0.2, 0.25) is 5.91 Å². The summed E-state index contributed by atoms with van der Waals surface area (Å²) < 4.78 is 47.2. The third-order valence-electron chi connectivity index (χ3n) is 4.33. The van der Waals surface area contributed by atoms with Crippen molar-refractivity contribution in [1.29, 1.82) is 0 Å². The minimum atomic E-state index is -3.32. The highest BCUT2D eigenvalue weighted by Crippen LogP contribution is 2.19. The van der Waals surface area contributed by atoms with Crippen LogP contribution in [0.2, 0.25) is 0 Å². The number of carbonyl (C=O) groups excluding carboxylic acids is 1. The number of hydrogen-bond acceptors (Lipinski definition) is 5. The molecule has 0 bridgehead atoms. The van der Waals surface area contributed by atoms with E-state index in [0.717, 1.165) is 0 Å². The Hall–Kier alpha value is -1.41. The Labute approximate surface area is 143 Å². The topological polar surface area (TPSA) is 88.6 Å². The minimum Gasteiger partial charge on any atom is -0.341 e. The molecular weight excluding hydrogens is 350 g/mol. The predicted molar refractivity (Wildman–Crippen MR) is 92.3 cm³/mol. The Morgan fingerprint density at radius 2 is 1.75 bits per heavy atom. The molecule has 1 saturated heterocycles. The molecule has 1 heterocycles. The SMILES string of the molecule is CC(C)S(=O)(=O)c1ccc(CC(=O)N2CCC(S(C)(=O)=O)C2)cc1. The van der Waals surface area contributed by atoms with Crippen LogP contribution in [-0.4, -0.2) is 57.5 Å². The van der Waals surface area contributed by atoms with Crippen LogP contribution in [0.4, 0.5) is 0 Å². The average molecular weight is 373 g/mol. The molecule has 0 radical (unpaired) electrons. The summed E-state index contributed by atoms with van der Waals surface area (Å²) in [6.07, 6.45) is 1.80. The molecule has 1 fully saturated rings. The van der Waals surface area contributed by atoms with Crippen molar-refractivity contribution < 1.29 is 21.6 Å². The average Bonchev–Trinajstić information content (AvgIpc) is 2.97. The van der Waals surface area contributed by atoms with Gasteiger partial charge in [0.05, 0.1) is 21.8 Å². The normalized spacial score (nSPS) is 19.0. The lowest BCUT2D eigenvalue weighted by Gasteiger charge is -2.16. The fourth-order valence-corrected chi connectivity index (χ4v) is 4.70. The molecule has 6 nitrogen and oxygen atoms in total. The van der Waals surface area contributed by atoms with Gasteiger partial charge in [-0.25, -0.2) is 16.8 Å². The highest BCUT2D eigenvalue weighted by molar-refractivity contribution is 7.92. The molecule has 0 aromatic heterocycles. The van der Waals surface area contributed by atoms with Crippen molar-refractivity contribution in [3.8, 4) is 0 Å². The highest BCUT2D eigenvalue weighted by Gasteiger charge is 2.32. The summed E-state index contributed by atoms with van der Waals surface area (Å²) in [4.78, 5) is 14.1. The standard InChI is InChI=1S/C16H23NO5S2/c1-12(2)24(21,22)14-6-4-13(5-7-14)10-16(18)17-9-8-15(11-17)23(3,19)20/h4-7,12,15H,8-11H2,1-3H3. The van der Waals surface area contributed by atoms with Crippen LogP contribution in [-0.2, 0) is 30.9 Å². The molecule has 134 valence electrons. The molecule has 0 spiro atoms. The number of hydrogen-bond donors (Lipinski definition) is 0. The molecular formula is C16H23NO5S2. The van der Waals surface area contributed by atoms with E-state index < -0.39 is 30.2 Å². The Morgan fingerprint density at radius 3 is 2.21 bits per heavy atom. The first-order chi connectivity index (χ1) is 11.0. The van der Waals surface area contributed by atoms with Gasteiger partial charge in [0.1, 0.15) is 0 Å². The van der Waals surface area contributed by atoms with Gasteiger partial charge in [-0.3, -0.25) is 4.79 Å². The maximum atomic E-state index is 12.3. The molecule has 1 amide bonds. The second-order valence-electron chi connectivity index (χ2n) is 6.49. The molecule has 0 N–H and O–H groups in total. The van der Waals surface area contributed by atoms with E-state index in [0.29, 0.717) is 18.5 Å². The van der Waals surface area contributed by atoms with E-state index in [1.807, 2.05) is 0 Å². The lowest BCUT2D eigenvalue weighted by Crippen LogP contribution is -2.32. The molecule has 1 aliphatic rings. The first kappa shape index (κ1) is 18.9. The lowest BCUT2D eigenvalue weighted by atomic mass is 10.1. The summed E-state index contributed by atoms with van der Waals surface area (Å²) in [5, 5.41) is -0.984. The van der Waals surface area contributed by atoms with Crippen molar-refractivity contribution in [3.63, 3.8) is 0 Å². The largest absolute Gasteiger partial charge is 0.341 e. The van der Waals surface area contributed by atoms with E-state index in [1.165, 1.54) is 18.4 Å². The Balaban J connectivity index is 2.03. The monoisotopic (exact) mass is 373 g/mol. The van der Waals surface area contributed by atoms with Gasteiger partial charge in [0.25, 0.3) is 0 Å². The molecule has 8 heteroatoms. The van der Waals surface area contributed by atoms with E-state index in [1.54, 1.807) is 30.9 Å².